The predicted molar refractivity (Wildman–Crippen MR) is 79.1 cm³/mol. The molecular weight excluding hydrogens is 284 g/mol. The minimum atomic E-state index is -0.297. The van der Waals surface area contributed by atoms with Crippen molar-refractivity contribution in [2.75, 3.05) is 25.4 Å². The second-order valence-corrected chi connectivity index (χ2v) is 5.28. The Morgan fingerprint density at radius 3 is 2.95 bits per heavy atom. The smallest absolute Gasteiger partial charge is 0.257 e. The molecule has 22 heavy (non-hydrogen) atoms. The number of nitrogens with one attached hydrogen (secondary N) is 1. The van der Waals surface area contributed by atoms with Crippen molar-refractivity contribution in [3.05, 3.63) is 35.0 Å². The van der Waals surface area contributed by atoms with E-state index in [1.54, 1.807) is 24.1 Å². The Bertz CT molecular complexity index is 678. The second-order valence-electron chi connectivity index (χ2n) is 5.28. The van der Waals surface area contributed by atoms with Gasteiger partial charge in [-0.15, -0.1) is 0 Å². The lowest BCUT2D eigenvalue weighted by molar-refractivity contribution is -0.0248. The summed E-state index contributed by atoms with van der Waals surface area (Å²) in [4.78, 5) is 22.7. The topological polar surface area (TPSA) is 110 Å². The first kappa shape index (κ1) is 14.5. The number of aromatic nitrogens is 4. The number of anilines is 1. The van der Waals surface area contributed by atoms with Crippen LogP contribution in [0.25, 0.3) is 0 Å². The third-order valence-electron chi connectivity index (χ3n) is 3.62. The van der Waals surface area contributed by atoms with Gasteiger partial charge in [0.05, 0.1) is 30.6 Å². The van der Waals surface area contributed by atoms with Crippen LogP contribution < -0.4 is 5.73 Å². The number of carbonyl (C=O) groups excluding carboxylic acids is 1. The summed E-state index contributed by atoms with van der Waals surface area (Å²) in [5, 5.41) is 6.68. The average molecular weight is 302 g/mol. The Balaban J connectivity index is 1.79. The van der Waals surface area contributed by atoms with E-state index in [2.05, 4.69) is 20.2 Å². The van der Waals surface area contributed by atoms with Gasteiger partial charge in [-0.1, -0.05) is 0 Å². The van der Waals surface area contributed by atoms with Crippen LogP contribution in [-0.4, -0.2) is 50.7 Å². The lowest BCUT2D eigenvalue weighted by Gasteiger charge is -2.32. The number of nitrogens with two attached hydrogens (primary N) is 1. The number of aromatic amines is 1. The molecule has 0 spiro atoms. The number of ether oxygens (including phenoxy) is 1. The van der Waals surface area contributed by atoms with Crippen molar-refractivity contribution in [2.45, 2.75) is 20.0 Å². The van der Waals surface area contributed by atoms with Crippen LogP contribution in [0.15, 0.2) is 12.3 Å². The van der Waals surface area contributed by atoms with Gasteiger partial charge in [0.2, 0.25) is 0 Å². The quantitative estimate of drug-likeness (QED) is 0.841. The minimum absolute atomic E-state index is 0.0571. The molecule has 3 heterocycles. The molecule has 1 saturated heterocycles. The third kappa shape index (κ3) is 2.77. The van der Waals surface area contributed by atoms with Crippen LogP contribution in [0.5, 0.6) is 0 Å². The molecule has 1 unspecified atom stereocenters. The molecule has 1 aliphatic rings. The van der Waals surface area contributed by atoms with Crippen molar-refractivity contribution < 1.29 is 9.53 Å². The summed E-state index contributed by atoms with van der Waals surface area (Å²) in [6.45, 7) is 5.03. The summed E-state index contributed by atoms with van der Waals surface area (Å²) in [6.07, 6.45) is 1.25. The van der Waals surface area contributed by atoms with Crippen molar-refractivity contribution in [3.63, 3.8) is 0 Å². The van der Waals surface area contributed by atoms with Crippen molar-refractivity contribution >= 4 is 11.7 Å². The number of carbonyl (C=O) groups is 1. The molecule has 0 bridgehead atoms. The molecular formula is C14H18N6O2. The summed E-state index contributed by atoms with van der Waals surface area (Å²) < 4.78 is 5.74. The van der Waals surface area contributed by atoms with E-state index >= 15 is 0 Å². The van der Waals surface area contributed by atoms with Gasteiger partial charge in [-0.05, 0) is 13.8 Å². The number of amides is 1. The van der Waals surface area contributed by atoms with Gasteiger partial charge >= 0.3 is 0 Å². The Labute approximate surface area is 127 Å². The number of hydrogen-bond donors (Lipinski definition) is 2. The van der Waals surface area contributed by atoms with Gasteiger partial charge in [-0.3, -0.25) is 9.89 Å². The Morgan fingerprint density at radius 2 is 2.27 bits per heavy atom. The van der Waals surface area contributed by atoms with E-state index in [1.807, 2.05) is 6.92 Å². The molecule has 0 aromatic carbocycles. The molecule has 0 radical (unpaired) electrons. The van der Waals surface area contributed by atoms with Gasteiger partial charge in [0, 0.05) is 18.3 Å². The summed E-state index contributed by atoms with van der Waals surface area (Å²) >= 11 is 0. The van der Waals surface area contributed by atoms with E-state index < -0.39 is 0 Å². The van der Waals surface area contributed by atoms with E-state index in [9.17, 15) is 4.79 Å². The summed E-state index contributed by atoms with van der Waals surface area (Å²) in [5.41, 5.74) is 7.80. The van der Waals surface area contributed by atoms with E-state index in [0.29, 0.717) is 42.6 Å². The highest BCUT2D eigenvalue weighted by Crippen LogP contribution is 2.23. The van der Waals surface area contributed by atoms with Gasteiger partial charge in [0.1, 0.15) is 17.7 Å². The minimum Gasteiger partial charge on any atom is -0.384 e. The summed E-state index contributed by atoms with van der Waals surface area (Å²) in [5.74, 6) is 0.936. The van der Waals surface area contributed by atoms with E-state index in [4.69, 9.17) is 10.5 Å². The standard InChI is InChI=1S/C14H18N6O2/c1-8-10(6-16-19-8)14(21)20-3-4-22-12(7-20)11-5-13(15)18-9(2)17-11/h5-6,12H,3-4,7H2,1-2H3,(H,16,19)(H2,15,17,18). The highest BCUT2D eigenvalue weighted by molar-refractivity contribution is 5.95. The fourth-order valence-corrected chi connectivity index (χ4v) is 2.53. The zero-order chi connectivity index (χ0) is 15.7. The lowest BCUT2D eigenvalue weighted by Crippen LogP contribution is -2.42. The maximum atomic E-state index is 12.5. The molecule has 3 N–H and O–H groups in total. The molecule has 3 rings (SSSR count). The fourth-order valence-electron chi connectivity index (χ4n) is 2.53. The van der Waals surface area contributed by atoms with E-state index in [0.717, 1.165) is 5.69 Å². The SMILES string of the molecule is Cc1nc(N)cc(C2CN(C(=O)c3cn[nH]c3C)CCO2)n1. The van der Waals surface area contributed by atoms with Crippen LogP contribution in [0.1, 0.15) is 33.7 Å². The molecule has 2 aromatic heterocycles. The van der Waals surface area contributed by atoms with Crippen LogP contribution in [0.2, 0.25) is 0 Å². The van der Waals surface area contributed by atoms with Crippen LogP contribution in [-0.2, 0) is 4.74 Å². The first-order valence-electron chi connectivity index (χ1n) is 7.06. The van der Waals surface area contributed by atoms with Crippen LogP contribution >= 0.6 is 0 Å². The van der Waals surface area contributed by atoms with Crippen LogP contribution in [0, 0.1) is 13.8 Å². The molecule has 8 nitrogen and oxygen atoms in total. The van der Waals surface area contributed by atoms with Gasteiger partial charge in [-0.2, -0.15) is 5.10 Å². The first-order chi connectivity index (χ1) is 10.5. The largest absolute Gasteiger partial charge is 0.384 e. The van der Waals surface area contributed by atoms with Gasteiger partial charge < -0.3 is 15.4 Å². The summed E-state index contributed by atoms with van der Waals surface area (Å²) in [7, 11) is 0. The number of nitrogen functional groups attached to an aromatic ring is 1. The van der Waals surface area contributed by atoms with Gasteiger partial charge in [0.25, 0.3) is 5.91 Å². The van der Waals surface area contributed by atoms with Crippen molar-refractivity contribution in [1.29, 1.82) is 0 Å². The molecule has 116 valence electrons. The molecule has 1 aliphatic heterocycles. The van der Waals surface area contributed by atoms with E-state index in [-0.39, 0.29) is 12.0 Å². The fraction of sp³-hybridized carbons (Fsp3) is 0.429. The molecule has 2 aromatic rings. The van der Waals surface area contributed by atoms with Gasteiger partial charge in [-0.25, -0.2) is 9.97 Å². The maximum absolute atomic E-state index is 12.5. The number of nitrogens with zero attached hydrogens (tertiary/aromatic N) is 4. The highest BCUT2D eigenvalue weighted by Gasteiger charge is 2.28. The van der Waals surface area contributed by atoms with Gasteiger partial charge in [0.15, 0.2) is 0 Å². The Morgan fingerprint density at radius 1 is 1.45 bits per heavy atom. The second kappa shape index (κ2) is 5.72. The van der Waals surface area contributed by atoms with Crippen molar-refractivity contribution in [1.82, 2.24) is 25.1 Å². The molecule has 1 fully saturated rings. The number of hydrogen-bond acceptors (Lipinski definition) is 6. The third-order valence-corrected chi connectivity index (χ3v) is 3.62. The number of aryl methyl sites for hydroxylation is 2. The lowest BCUT2D eigenvalue weighted by atomic mass is 10.1. The van der Waals surface area contributed by atoms with Crippen molar-refractivity contribution in [3.8, 4) is 0 Å². The molecule has 0 aliphatic carbocycles. The van der Waals surface area contributed by atoms with Crippen LogP contribution in [0.4, 0.5) is 5.82 Å². The Hall–Kier alpha value is -2.48. The molecule has 0 saturated carbocycles. The molecule has 1 amide bonds. The average Bonchev–Trinajstić information content (AvgIpc) is 2.92. The number of rotatable bonds is 2. The molecule has 8 heteroatoms. The summed E-state index contributed by atoms with van der Waals surface area (Å²) in [6, 6.07) is 1.69. The van der Waals surface area contributed by atoms with Crippen LogP contribution in [0.3, 0.4) is 0 Å². The highest BCUT2D eigenvalue weighted by atomic mass is 16.5. The normalized spacial score (nSPS) is 18.5. The van der Waals surface area contributed by atoms with Crippen molar-refractivity contribution in [2.24, 2.45) is 0 Å². The maximum Gasteiger partial charge on any atom is 0.257 e. The Kier molecular flexibility index (Phi) is 3.76. The predicted octanol–water partition coefficient (Wildman–Crippen LogP) is 0.612. The zero-order valence-electron chi connectivity index (χ0n) is 12.5. The van der Waals surface area contributed by atoms with E-state index in [1.165, 1.54) is 0 Å². The number of H-pyrrole nitrogens is 1. The zero-order valence-corrected chi connectivity index (χ0v) is 12.5. The molecule has 1 atom stereocenters. The first-order valence-corrected chi connectivity index (χ1v) is 7.06. The number of morpholine rings is 1. The monoisotopic (exact) mass is 302 g/mol.